The molecule has 1 unspecified atom stereocenters. The predicted octanol–water partition coefficient (Wildman–Crippen LogP) is 4.85. The normalized spacial score (nSPS) is 49.7. The summed E-state index contributed by atoms with van der Waals surface area (Å²) in [6, 6.07) is 2.20. The van der Waals surface area contributed by atoms with Gasteiger partial charge in [-0.25, -0.2) is 0 Å². The number of esters is 1. The first kappa shape index (κ1) is 20.2. The molecular weight excluding hydrogens is 350 g/mol. The number of rotatable bonds is 2. The quantitative estimate of drug-likeness (QED) is 0.543. The van der Waals surface area contributed by atoms with Crippen LogP contribution in [0.15, 0.2) is 0 Å². The molecule has 4 aliphatic carbocycles. The third-order valence-corrected chi connectivity index (χ3v) is 9.86. The van der Waals surface area contributed by atoms with E-state index in [9.17, 15) is 15.2 Å². The zero-order valence-corrected chi connectivity index (χ0v) is 18.0. The standard InChI is InChI=1S/C24H37NO3/c1-15(26)28-17-9-11-22(2)16(13-17)5-6-18-19-7-8-21(24(4,27)14-25)23(19,3)12-10-20(18)22/h16-21,27H,5-13H2,1-4H3/t16-,17-,18+,19+,20+,21+,22+,23+,24?/m1/s1. The largest absolute Gasteiger partial charge is 0.463 e. The Labute approximate surface area is 170 Å². The van der Waals surface area contributed by atoms with Gasteiger partial charge in [-0.1, -0.05) is 13.8 Å². The summed E-state index contributed by atoms with van der Waals surface area (Å²) < 4.78 is 5.57. The molecule has 4 rings (SSSR count). The Balaban J connectivity index is 1.54. The van der Waals surface area contributed by atoms with Crippen molar-refractivity contribution in [2.45, 2.75) is 97.2 Å². The lowest BCUT2D eigenvalue weighted by atomic mass is 9.44. The molecule has 0 aromatic heterocycles. The molecule has 9 atom stereocenters. The van der Waals surface area contributed by atoms with Crippen molar-refractivity contribution >= 4 is 5.97 Å². The zero-order valence-electron chi connectivity index (χ0n) is 18.0. The molecule has 0 aromatic carbocycles. The van der Waals surface area contributed by atoms with Gasteiger partial charge in [-0.2, -0.15) is 5.26 Å². The summed E-state index contributed by atoms with van der Waals surface area (Å²) in [5.41, 5.74) is -0.755. The van der Waals surface area contributed by atoms with Crippen LogP contribution >= 0.6 is 0 Å². The third kappa shape index (κ3) is 2.92. The van der Waals surface area contributed by atoms with E-state index in [1.807, 2.05) is 0 Å². The molecular formula is C24H37NO3. The van der Waals surface area contributed by atoms with E-state index in [0.717, 1.165) is 43.9 Å². The van der Waals surface area contributed by atoms with Crippen LogP contribution < -0.4 is 0 Å². The molecule has 4 aliphatic rings. The van der Waals surface area contributed by atoms with Crippen LogP contribution in [0.25, 0.3) is 0 Å². The number of carbonyl (C=O) groups excluding carboxylic acids is 1. The van der Waals surface area contributed by atoms with Crippen molar-refractivity contribution in [2.75, 3.05) is 0 Å². The molecule has 0 spiro atoms. The number of aliphatic hydroxyl groups is 1. The van der Waals surface area contributed by atoms with Crippen molar-refractivity contribution in [2.24, 2.45) is 40.4 Å². The van der Waals surface area contributed by atoms with Crippen LogP contribution in [0.3, 0.4) is 0 Å². The van der Waals surface area contributed by atoms with Crippen molar-refractivity contribution < 1.29 is 14.6 Å². The van der Waals surface area contributed by atoms with Crippen LogP contribution in [0.5, 0.6) is 0 Å². The minimum absolute atomic E-state index is 0.0958. The summed E-state index contributed by atoms with van der Waals surface area (Å²) in [5.74, 6) is 2.73. The van der Waals surface area contributed by atoms with E-state index >= 15 is 0 Å². The molecule has 4 heteroatoms. The zero-order chi connectivity index (χ0) is 20.3. The first-order valence-corrected chi connectivity index (χ1v) is 11.4. The lowest BCUT2D eigenvalue weighted by molar-refractivity contribution is -0.162. The van der Waals surface area contributed by atoms with Gasteiger partial charge in [-0.05, 0) is 99.2 Å². The molecule has 28 heavy (non-hydrogen) atoms. The van der Waals surface area contributed by atoms with Crippen molar-refractivity contribution in [3.8, 4) is 6.07 Å². The van der Waals surface area contributed by atoms with Crippen molar-refractivity contribution in [3.05, 3.63) is 0 Å². The summed E-state index contributed by atoms with van der Waals surface area (Å²) in [6.45, 7) is 8.13. The molecule has 4 nitrogen and oxygen atoms in total. The van der Waals surface area contributed by atoms with Gasteiger partial charge in [0.15, 0.2) is 5.60 Å². The first-order chi connectivity index (χ1) is 13.1. The molecule has 0 aromatic rings. The molecule has 0 radical (unpaired) electrons. The lowest BCUT2D eigenvalue weighted by Gasteiger charge is -2.61. The van der Waals surface area contributed by atoms with Gasteiger partial charge in [0.1, 0.15) is 6.10 Å². The molecule has 4 fully saturated rings. The van der Waals surface area contributed by atoms with Gasteiger partial charge >= 0.3 is 5.97 Å². The Morgan fingerprint density at radius 3 is 2.43 bits per heavy atom. The highest BCUT2D eigenvalue weighted by molar-refractivity contribution is 5.66. The van der Waals surface area contributed by atoms with Gasteiger partial charge < -0.3 is 9.84 Å². The molecule has 0 heterocycles. The maximum Gasteiger partial charge on any atom is 0.302 e. The Morgan fingerprint density at radius 2 is 1.75 bits per heavy atom. The van der Waals surface area contributed by atoms with Gasteiger partial charge in [0.25, 0.3) is 0 Å². The SMILES string of the molecule is CC(=O)O[C@@H]1CC[C@@]2(C)[C@H](CC[C@@H]3[C@@H]2CC[C@]2(C)[C@@H](C(C)(O)C#N)CC[C@@H]32)C1. The fraction of sp³-hybridized carbons (Fsp3) is 0.917. The van der Waals surface area contributed by atoms with Gasteiger partial charge in [0.05, 0.1) is 6.07 Å². The Kier molecular flexibility index (Phi) is 4.85. The Bertz CT molecular complexity index is 682. The second-order valence-electron chi connectivity index (χ2n) is 11.1. The predicted molar refractivity (Wildman–Crippen MR) is 107 cm³/mol. The number of carbonyl (C=O) groups is 1. The monoisotopic (exact) mass is 387 g/mol. The summed E-state index contributed by atoms with van der Waals surface area (Å²) in [6.07, 6.45) is 10.3. The van der Waals surface area contributed by atoms with E-state index in [1.165, 1.54) is 32.6 Å². The summed E-state index contributed by atoms with van der Waals surface area (Å²) in [7, 11) is 0. The number of fused-ring (bicyclic) bond motifs is 5. The van der Waals surface area contributed by atoms with E-state index in [1.54, 1.807) is 6.92 Å². The average Bonchev–Trinajstić information content (AvgIpc) is 2.99. The van der Waals surface area contributed by atoms with Crippen LogP contribution in [-0.4, -0.2) is 22.8 Å². The van der Waals surface area contributed by atoms with E-state index in [-0.39, 0.29) is 23.4 Å². The van der Waals surface area contributed by atoms with Crippen LogP contribution in [0.4, 0.5) is 0 Å². The van der Waals surface area contributed by atoms with Gasteiger partial charge in [-0.15, -0.1) is 0 Å². The lowest BCUT2D eigenvalue weighted by Crippen LogP contribution is -2.55. The second kappa shape index (κ2) is 6.73. The number of nitriles is 1. The molecule has 156 valence electrons. The minimum atomic E-state index is -1.21. The van der Waals surface area contributed by atoms with Crippen LogP contribution in [-0.2, 0) is 9.53 Å². The molecule has 4 saturated carbocycles. The minimum Gasteiger partial charge on any atom is -0.463 e. The highest BCUT2D eigenvalue weighted by Crippen LogP contribution is 2.68. The van der Waals surface area contributed by atoms with E-state index in [0.29, 0.717) is 17.3 Å². The smallest absolute Gasteiger partial charge is 0.302 e. The highest BCUT2D eigenvalue weighted by Gasteiger charge is 2.62. The summed E-state index contributed by atoms with van der Waals surface area (Å²) in [5, 5.41) is 20.3. The van der Waals surface area contributed by atoms with E-state index < -0.39 is 5.60 Å². The number of hydrogen-bond donors (Lipinski definition) is 1. The maximum atomic E-state index is 11.4. The van der Waals surface area contributed by atoms with Crippen LogP contribution in [0, 0.1) is 51.8 Å². The molecule has 0 aliphatic heterocycles. The third-order valence-electron chi connectivity index (χ3n) is 9.86. The van der Waals surface area contributed by atoms with Crippen molar-refractivity contribution in [1.29, 1.82) is 5.26 Å². The maximum absolute atomic E-state index is 11.4. The summed E-state index contributed by atoms with van der Waals surface area (Å²) >= 11 is 0. The van der Waals surface area contributed by atoms with E-state index in [2.05, 4.69) is 19.9 Å². The topological polar surface area (TPSA) is 70.3 Å². The Morgan fingerprint density at radius 1 is 1.07 bits per heavy atom. The molecule has 0 saturated heterocycles. The molecule has 0 bridgehead atoms. The Hall–Kier alpha value is -1.08. The number of ether oxygens (including phenoxy) is 1. The fourth-order valence-electron chi connectivity index (χ4n) is 8.56. The fourth-order valence-corrected chi connectivity index (χ4v) is 8.56. The second-order valence-corrected chi connectivity index (χ2v) is 11.1. The average molecular weight is 388 g/mol. The molecule has 0 amide bonds. The van der Waals surface area contributed by atoms with Crippen molar-refractivity contribution in [1.82, 2.24) is 0 Å². The van der Waals surface area contributed by atoms with Gasteiger partial charge in [-0.3, -0.25) is 4.79 Å². The molecule has 1 N–H and O–H groups in total. The number of nitrogens with zero attached hydrogens (tertiary/aromatic N) is 1. The van der Waals surface area contributed by atoms with Gasteiger partial charge in [0.2, 0.25) is 0 Å². The first-order valence-electron chi connectivity index (χ1n) is 11.4. The van der Waals surface area contributed by atoms with Crippen LogP contribution in [0.2, 0.25) is 0 Å². The number of hydrogen-bond acceptors (Lipinski definition) is 4. The van der Waals surface area contributed by atoms with Crippen molar-refractivity contribution in [3.63, 3.8) is 0 Å². The van der Waals surface area contributed by atoms with Crippen LogP contribution in [0.1, 0.15) is 85.5 Å². The van der Waals surface area contributed by atoms with Gasteiger partial charge in [0, 0.05) is 12.8 Å². The summed E-state index contributed by atoms with van der Waals surface area (Å²) in [4.78, 5) is 11.4. The highest BCUT2D eigenvalue weighted by atomic mass is 16.5. The van der Waals surface area contributed by atoms with E-state index in [4.69, 9.17) is 4.74 Å².